The third kappa shape index (κ3) is 5.18. The lowest BCUT2D eigenvalue weighted by atomic mass is 10.0. The molecule has 6 heteroatoms. The number of nitrogens with zero attached hydrogens (tertiary/aromatic N) is 2. The summed E-state index contributed by atoms with van der Waals surface area (Å²) in [6, 6.07) is 11.8. The highest BCUT2D eigenvalue weighted by atomic mass is 32.2. The molecule has 2 heterocycles. The van der Waals surface area contributed by atoms with Crippen molar-refractivity contribution in [3.05, 3.63) is 71.6 Å². The average molecular weight is 455 g/mol. The fourth-order valence-electron chi connectivity index (χ4n) is 4.47. The van der Waals surface area contributed by atoms with Crippen LogP contribution in [-0.4, -0.2) is 53.7 Å². The van der Waals surface area contributed by atoms with E-state index in [1.54, 1.807) is 13.0 Å². The predicted molar refractivity (Wildman–Crippen MR) is 128 cm³/mol. The van der Waals surface area contributed by atoms with E-state index in [4.69, 9.17) is 4.74 Å². The zero-order valence-corrected chi connectivity index (χ0v) is 19.7. The summed E-state index contributed by atoms with van der Waals surface area (Å²) in [6.07, 6.45) is 3.33. The summed E-state index contributed by atoms with van der Waals surface area (Å²) in [4.78, 5) is 17.6. The Kier molecular flexibility index (Phi) is 7.21. The molecule has 0 N–H and O–H groups in total. The van der Waals surface area contributed by atoms with Crippen LogP contribution in [0, 0.1) is 12.7 Å². The molecule has 1 amide bonds. The van der Waals surface area contributed by atoms with Crippen molar-refractivity contribution >= 4 is 17.7 Å². The van der Waals surface area contributed by atoms with E-state index < -0.39 is 0 Å². The number of aryl methyl sites for hydroxylation is 2. The monoisotopic (exact) mass is 454 g/mol. The van der Waals surface area contributed by atoms with Gasteiger partial charge in [0.1, 0.15) is 17.7 Å². The summed E-state index contributed by atoms with van der Waals surface area (Å²) < 4.78 is 20.9. The first-order valence-corrected chi connectivity index (χ1v) is 12.3. The Morgan fingerprint density at radius 1 is 1.31 bits per heavy atom. The van der Waals surface area contributed by atoms with Crippen LogP contribution in [0.3, 0.4) is 0 Å². The van der Waals surface area contributed by atoms with Gasteiger partial charge in [-0.05, 0) is 79.5 Å². The highest BCUT2D eigenvalue weighted by Crippen LogP contribution is 2.34. The molecule has 0 bridgehead atoms. The van der Waals surface area contributed by atoms with E-state index >= 15 is 0 Å². The Labute approximate surface area is 194 Å². The van der Waals surface area contributed by atoms with Crippen molar-refractivity contribution < 1.29 is 13.9 Å². The van der Waals surface area contributed by atoms with E-state index in [-0.39, 0.29) is 23.9 Å². The van der Waals surface area contributed by atoms with Gasteiger partial charge in [0.25, 0.3) is 0 Å². The fraction of sp³-hybridized carbons (Fsp3) is 0.423. The molecule has 1 fully saturated rings. The molecule has 0 aliphatic carbocycles. The van der Waals surface area contributed by atoms with Gasteiger partial charge in [0, 0.05) is 37.1 Å². The summed E-state index contributed by atoms with van der Waals surface area (Å²) in [7, 11) is 0. The molecular formula is C26H31FN2O2S. The third-order valence-electron chi connectivity index (χ3n) is 6.32. The first-order chi connectivity index (χ1) is 15.4. The molecule has 0 aromatic heterocycles. The number of carbonyl (C=O) groups excluding carboxylic acids is 1. The third-order valence-corrected chi connectivity index (χ3v) is 7.52. The zero-order chi connectivity index (χ0) is 22.7. The van der Waals surface area contributed by atoms with Crippen LogP contribution in [0.1, 0.15) is 36.1 Å². The molecule has 0 spiro atoms. The van der Waals surface area contributed by atoms with Crippen molar-refractivity contribution in [1.29, 1.82) is 0 Å². The number of amides is 1. The van der Waals surface area contributed by atoms with Gasteiger partial charge in [0.05, 0.1) is 0 Å². The highest BCUT2D eigenvalue weighted by molar-refractivity contribution is 7.99. The number of thioether (sulfide) groups is 1. The van der Waals surface area contributed by atoms with Crippen molar-refractivity contribution in [1.82, 2.24) is 9.80 Å². The number of halogens is 1. The van der Waals surface area contributed by atoms with E-state index in [9.17, 15) is 9.18 Å². The van der Waals surface area contributed by atoms with Gasteiger partial charge in [-0.1, -0.05) is 18.7 Å². The molecule has 2 aliphatic heterocycles. The van der Waals surface area contributed by atoms with Crippen LogP contribution in [0.25, 0.3) is 0 Å². The quantitative estimate of drug-likeness (QED) is 0.575. The van der Waals surface area contributed by atoms with Crippen molar-refractivity contribution in [2.45, 2.75) is 43.7 Å². The summed E-state index contributed by atoms with van der Waals surface area (Å²) in [6.45, 7) is 10.2. The second kappa shape index (κ2) is 10.1. The molecule has 2 aromatic rings. The Balaban J connectivity index is 1.54. The summed E-state index contributed by atoms with van der Waals surface area (Å²) in [5, 5.41) is 0. The van der Waals surface area contributed by atoms with Crippen molar-refractivity contribution in [2.75, 3.05) is 31.9 Å². The van der Waals surface area contributed by atoms with Gasteiger partial charge in [0.2, 0.25) is 5.91 Å². The molecule has 4 rings (SSSR count). The lowest BCUT2D eigenvalue weighted by Gasteiger charge is -2.40. The zero-order valence-electron chi connectivity index (χ0n) is 18.9. The van der Waals surface area contributed by atoms with Crippen molar-refractivity contribution in [3.8, 4) is 5.75 Å². The number of hydrogen-bond acceptors (Lipinski definition) is 4. The smallest absolute Gasteiger partial charge is 0.246 e. The Hall–Kier alpha value is -2.31. The molecule has 32 heavy (non-hydrogen) atoms. The van der Waals surface area contributed by atoms with Gasteiger partial charge in [-0.3, -0.25) is 9.69 Å². The first kappa shape index (κ1) is 22.9. The summed E-state index contributed by atoms with van der Waals surface area (Å²) in [5.74, 6) is 1.74. The van der Waals surface area contributed by atoms with Gasteiger partial charge in [-0.2, -0.15) is 0 Å². The normalized spacial score (nSPS) is 19.8. The Bertz CT molecular complexity index is 996. The average Bonchev–Trinajstić information content (AvgIpc) is 2.80. The molecule has 2 atom stereocenters. The predicted octanol–water partition coefficient (Wildman–Crippen LogP) is 5.01. The van der Waals surface area contributed by atoms with E-state index in [0.717, 1.165) is 36.6 Å². The number of benzene rings is 2. The minimum Gasteiger partial charge on any atom is -0.484 e. The van der Waals surface area contributed by atoms with Gasteiger partial charge >= 0.3 is 0 Å². The molecule has 2 aliphatic rings. The fourth-order valence-corrected chi connectivity index (χ4v) is 5.49. The number of hydrogen-bond donors (Lipinski definition) is 0. The van der Waals surface area contributed by atoms with Gasteiger partial charge in [-0.25, -0.2) is 4.39 Å². The maximum atomic E-state index is 14.4. The molecule has 2 aromatic carbocycles. The molecule has 170 valence electrons. The summed E-state index contributed by atoms with van der Waals surface area (Å²) in [5.41, 5.74) is 2.79. The number of rotatable bonds is 6. The Morgan fingerprint density at radius 3 is 2.91 bits per heavy atom. The van der Waals surface area contributed by atoms with E-state index in [1.807, 2.05) is 34.9 Å². The van der Waals surface area contributed by atoms with Crippen LogP contribution in [0.15, 0.2) is 53.9 Å². The second-order valence-corrected chi connectivity index (χ2v) is 9.82. The topological polar surface area (TPSA) is 32.8 Å². The maximum Gasteiger partial charge on any atom is 0.246 e. The Morgan fingerprint density at radius 2 is 2.16 bits per heavy atom. The van der Waals surface area contributed by atoms with Gasteiger partial charge in [0.15, 0.2) is 0 Å². The molecular weight excluding hydrogens is 423 g/mol. The highest BCUT2D eigenvalue weighted by Gasteiger charge is 2.29. The second-order valence-electron chi connectivity index (χ2n) is 8.68. The number of carbonyl (C=O) groups is 1. The van der Waals surface area contributed by atoms with Crippen LogP contribution in [0.5, 0.6) is 5.75 Å². The lowest BCUT2D eigenvalue weighted by molar-refractivity contribution is -0.130. The van der Waals surface area contributed by atoms with E-state index in [0.29, 0.717) is 18.7 Å². The summed E-state index contributed by atoms with van der Waals surface area (Å²) >= 11 is 1.90. The van der Waals surface area contributed by atoms with Crippen molar-refractivity contribution in [3.63, 3.8) is 0 Å². The molecule has 1 saturated heterocycles. The number of fused-ring (bicyclic) bond motifs is 1. The van der Waals surface area contributed by atoms with Crippen LogP contribution >= 0.6 is 11.8 Å². The number of ether oxygens (including phenoxy) is 1. The van der Waals surface area contributed by atoms with Crippen LogP contribution in [-0.2, 0) is 11.2 Å². The molecule has 0 radical (unpaired) electrons. The van der Waals surface area contributed by atoms with Gasteiger partial charge < -0.3 is 9.64 Å². The molecule has 4 nitrogen and oxygen atoms in total. The standard InChI is InChI=1S/C26H31FN2O2S/c1-4-26(30)29-12-11-28(16-19(29)3)17-24(20-8-7-18(2)23(27)15-20)31-22-9-10-25-21(14-22)6-5-13-32-25/h4,7-10,14-15,19,24H,1,5-6,11-13,16-17H2,2-3H3/t19-,24?/m1/s1. The van der Waals surface area contributed by atoms with Crippen LogP contribution in [0.2, 0.25) is 0 Å². The molecule has 1 unspecified atom stereocenters. The number of piperazine rings is 1. The van der Waals surface area contributed by atoms with E-state index in [2.05, 4.69) is 30.5 Å². The maximum absolute atomic E-state index is 14.4. The van der Waals surface area contributed by atoms with Crippen LogP contribution in [0.4, 0.5) is 4.39 Å². The minimum atomic E-state index is -0.298. The van der Waals surface area contributed by atoms with E-state index in [1.165, 1.54) is 23.0 Å². The molecule has 0 saturated carbocycles. The van der Waals surface area contributed by atoms with Gasteiger partial charge in [-0.15, -0.1) is 11.8 Å². The minimum absolute atomic E-state index is 0.0301. The van der Waals surface area contributed by atoms with Crippen molar-refractivity contribution in [2.24, 2.45) is 0 Å². The first-order valence-electron chi connectivity index (χ1n) is 11.3. The largest absolute Gasteiger partial charge is 0.484 e. The lowest BCUT2D eigenvalue weighted by Crippen LogP contribution is -2.54. The SMILES string of the molecule is C=CC(=O)N1CCN(CC(Oc2ccc3c(c2)CCCS3)c2ccc(C)c(F)c2)C[C@H]1C. The van der Waals surface area contributed by atoms with Crippen LogP contribution < -0.4 is 4.74 Å².